The minimum atomic E-state index is -4.62. The fraction of sp³-hybridized carbons (Fsp3) is 0.444. The van der Waals surface area contributed by atoms with Crippen LogP contribution in [0.15, 0.2) is 6.07 Å². The highest BCUT2D eigenvalue weighted by Crippen LogP contribution is 2.29. The van der Waals surface area contributed by atoms with Crippen molar-refractivity contribution in [2.75, 3.05) is 18.1 Å². The Balaban J connectivity index is 2.97. The van der Waals surface area contributed by atoms with Gasteiger partial charge in [0.1, 0.15) is 11.9 Å². The number of carbonyl (C=O) groups excluding carboxylic acids is 1. The summed E-state index contributed by atoms with van der Waals surface area (Å²) in [6.07, 6.45) is -4.62. The van der Waals surface area contributed by atoms with Crippen LogP contribution < -0.4 is 16.4 Å². The van der Waals surface area contributed by atoms with Crippen molar-refractivity contribution >= 4 is 17.7 Å². The third-order valence-electron chi connectivity index (χ3n) is 2.04. The first kappa shape index (κ1) is 14.0. The number of likely N-dealkylation sites (N-methyl/N-ethyl adjacent to an activating group) is 1. The molecule has 1 aromatic heterocycles. The minimum absolute atomic E-state index is 0.161. The second-order valence-corrected chi connectivity index (χ2v) is 3.47. The Morgan fingerprint density at radius 2 is 2.06 bits per heavy atom. The van der Waals surface area contributed by atoms with E-state index in [4.69, 9.17) is 5.73 Å². The van der Waals surface area contributed by atoms with E-state index in [1.54, 1.807) is 0 Å². The normalized spacial score (nSPS) is 12.9. The van der Waals surface area contributed by atoms with Gasteiger partial charge in [0.2, 0.25) is 11.9 Å². The summed E-state index contributed by atoms with van der Waals surface area (Å²) in [5.41, 5.74) is 4.01. The molecule has 0 aliphatic carbocycles. The molecule has 0 fully saturated rings. The highest BCUT2D eigenvalue weighted by Gasteiger charge is 2.33. The highest BCUT2D eigenvalue weighted by atomic mass is 19.4. The first-order valence-electron chi connectivity index (χ1n) is 4.94. The maximum atomic E-state index is 12.5. The number of hydrogen-bond donors (Lipinski definition) is 3. The fourth-order valence-corrected chi connectivity index (χ4v) is 1.19. The Morgan fingerprint density at radius 1 is 1.44 bits per heavy atom. The molecule has 0 spiro atoms. The molecular formula is C9H12F3N5O. The molecule has 6 nitrogen and oxygen atoms in total. The molecule has 1 unspecified atom stereocenters. The van der Waals surface area contributed by atoms with Gasteiger partial charge < -0.3 is 16.4 Å². The summed E-state index contributed by atoms with van der Waals surface area (Å²) < 4.78 is 37.4. The lowest BCUT2D eigenvalue weighted by atomic mass is 10.3. The van der Waals surface area contributed by atoms with Gasteiger partial charge in [0, 0.05) is 13.1 Å². The standard InChI is InChI=1S/C9H12F3N5O/c1-4(7(18)14-2)15-6-3-5(9(10,11)12)16-8(13)17-6/h3-4H,1-2H3,(H,14,18)(H3,13,15,16,17). The van der Waals surface area contributed by atoms with Crippen molar-refractivity contribution in [1.29, 1.82) is 0 Å². The van der Waals surface area contributed by atoms with Crippen molar-refractivity contribution in [3.8, 4) is 0 Å². The molecule has 1 heterocycles. The zero-order chi connectivity index (χ0) is 13.9. The molecule has 0 radical (unpaired) electrons. The van der Waals surface area contributed by atoms with Crippen LogP contribution in [0.3, 0.4) is 0 Å². The number of hydrogen-bond acceptors (Lipinski definition) is 5. The molecule has 100 valence electrons. The van der Waals surface area contributed by atoms with Crippen molar-refractivity contribution < 1.29 is 18.0 Å². The van der Waals surface area contributed by atoms with Crippen LogP contribution in [-0.4, -0.2) is 29.0 Å². The van der Waals surface area contributed by atoms with Gasteiger partial charge in [-0.3, -0.25) is 4.79 Å². The SMILES string of the molecule is CNC(=O)C(C)Nc1cc(C(F)(F)F)nc(N)n1. The smallest absolute Gasteiger partial charge is 0.368 e. The third-order valence-corrected chi connectivity index (χ3v) is 2.04. The van der Waals surface area contributed by atoms with E-state index in [0.29, 0.717) is 6.07 Å². The average Bonchev–Trinajstić information content (AvgIpc) is 2.25. The number of amides is 1. The first-order valence-corrected chi connectivity index (χ1v) is 4.94. The number of nitrogens with zero attached hydrogens (tertiary/aromatic N) is 2. The van der Waals surface area contributed by atoms with Crippen molar-refractivity contribution in [2.45, 2.75) is 19.1 Å². The monoisotopic (exact) mass is 263 g/mol. The van der Waals surface area contributed by atoms with Gasteiger partial charge in [-0.2, -0.15) is 18.2 Å². The Labute approximate surface area is 101 Å². The molecule has 18 heavy (non-hydrogen) atoms. The van der Waals surface area contributed by atoms with Gasteiger partial charge in [0.05, 0.1) is 0 Å². The van der Waals surface area contributed by atoms with Crippen LogP contribution in [0.2, 0.25) is 0 Å². The van der Waals surface area contributed by atoms with Crippen molar-refractivity contribution in [3.05, 3.63) is 11.8 Å². The van der Waals surface area contributed by atoms with Gasteiger partial charge in [-0.25, -0.2) is 4.98 Å². The molecule has 1 aromatic rings. The van der Waals surface area contributed by atoms with Gasteiger partial charge in [0.15, 0.2) is 5.69 Å². The van der Waals surface area contributed by atoms with Crippen molar-refractivity contribution in [3.63, 3.8) is 0 Å². The van der Waals surface area contributed by atoms with Crippen LogP contribution in [0.4, 0.5) is 24.9 Å². The number of alkyl halides is 3. The van der Waals surface area contributed by atoms with Crippen LogP contribution in [-0.2, 0) is 11.0 Å². The van der Waals surface area contributed by atoms with Gasteiger partial charge in [-0.1, -0.05) is 0 Å². The van der Waals surface area contributed by atoms with E-state index < -0.39 is 23.9 Å². The Kier molecular flexibility index (Phi) is 3.94. The number of carbonyl (C=O) groups is 1. The van der Waals surface area contributed by atoms with Crippen LogP contribution in [0.5, 0.6) is 0 Å². The van der Waals surface area contributed by atoms with E-state index in [2.05, 4.69) is 20.6 Å². The molecule has 1 atom stereocenters. The molecule has 0 bridgehead atoms. The van der Waals surface area contributed by atoms with E-state index in [1.807, 2.05) is 0 Å². The lowest BCUT2D eigenvalue weighted by Gasteiger charge is -2.14. The largest absolute Gasteiger partial charge is 0.433 e. The van der Waals surface area contributed by atoms with Crippen molar-refractivity contribution in [2.24, 2.45) is 0 Å². The minimum Gasteiger partial charge on any atom is -0.368 e. The number of nitrogens with two attached hydrogens (primary N) is 1. The van der Waals surface area contributed by atoms with Gasteiger partial charge in [0.25, 0.3) is 0 Å². The highest BCUT2D eigenvalue weighted by molar-refractivity contribution is 5.83. The summed E-state index contributed by atoms with van der Waals surface area (Å²) in [5, 5.41) is 4.85. The average molecular weight is 263 g/mol. The quantitative estimate of drug-likeness (QED) is 0.743. The number of nitrogen functional groups attached to an aromatic ring is 1. The number of aromatic nitrogens is 2. The third kappa shape index (κ3) is 3.47. The molecule has 0 saturated heterocycles. The molecule has 9 heteroatoms. The van der Waals surface area contributed by atoms with E-state index >= 15 is 0 Å². The van der Waals surface area contributed by atoms with E-state index in [9.17, 15) is 18.0 Å². The number of rotatable bonds is 3. The molecule has 4 N–H and O–H groups in total. The van der Waals surface area contributed by atoms with Crippen LogP contribution in [0, 0.1) is 0 Å². The molecule has 0 aromatic carbocycles. The summed E-state index contributed by atoms with van der Waals surface area (Å²) in [4.78, 5) is 17.9. The summed E-state index contributed by atoms with van der Waals surface area (Å²) in [7, 11) is 1.41. The zero-order valence-electron chi connectivity index (χ0n) is 9.67. The van der Waals surface area contributed by atoms with Crippen LogP contribution >= 0.6 is 0 Å². The maximum Gasteiger partial charge on any atom is 0.433 e. The van der Waals surface area contributed by atoms with Gasteiger partial charge in [-0.05, 0) is 6.92 Å². The van der Waals surface area contributed by atoms with E-state index in [0.717, 1.165) is 0 Å². The molecular weight excluding hydrogens is 251 g/mol. The van der Waals surface area contributed by atoms with Gasteiger partial charge >= 0.3 is 6.18 Å². The van der Waals surface area contributed by atoms with Gasteiger partial charge in [-0.15, -0.1) is 0 Å². The predicted molar refractivity (Wildman–Crippen MR) is 58.6 cm³/mol. The first-order chi connectivity index (χ1) is 8.24. The molecule has 0 aliphatic rings. The lowest BCUT2D eigenvalue weighted by Crippen LogP contribution is -2.35. The predicted octanol–water partition coefficient (Wildman–Crippen LogP) is 0.624. The second kappa shape index (κ2) is 5.07. The van der Waals surface area contributed by atoms with E-state index in [-0.39, 0.29) is 11.7 Å². The molecule has 0 aliphatic heterocycles. The summed E-state index contributed by atoms with van der Waals surface area (Å²) in [5.74, 6) is -1.07. The topological polar surface area (TPSA) is 92.9 Å². The van der Waals surface area contributed by atoms with Crippen LogP contribution in [0.1, 0.15) is 12.6 Å². The molecule has 1 amide bonds. The maximum absolute atomic E-state index is 12.5. The summed E-state index contributed by atoms with van der Waals surface area (Å²) in [6, 6.07) is -0.0547. The number of halogens is 3. The second-order valence-electron chi connectivity index (χ2n) is 3.47. The van der Waals surface area contributed by atoms with E-state index in [1.165, 1.54) is 14.0 Å². The Morgan fingerprint density at radius 3 is 2.56 bits per heavy atom. The Hall–Kier alpha value is -2.06. The molecule has 1 rings (SSSR count). The lowest BCUT2D eigenvalue weighted by molar-refractivity contribution is -0.141. The number of anilines is 2. The summed E-state index contributed by atoms with van der Waals surface area (Å²) >= 11 is 0. The fourth-order valence-electron chi connectivity index (χ4n) is 1.19. The van der Waals surface area contributed by atoms with Crippen LogP contribution in [0.25, 0.3) is 0 Å². The van der Waals surface area contributed by atoms with Crippen molar-refractivity contribution in [1.82, 2.24) is 15.3 Å². The molecule has 0 saturated carbocycles. The zero-order valence-corrected chi connectivity index (χ0v) is 9.67. The number of nitrogens with one attached hydrogen (secondary N) is 2. The summed E-state index contributed by atoms with van der Waals surface area (Å²) in [6.45, 7) is 1.48. The Bertz CT molecular complexity index is 448.